The number of nitrogens with two attached hydrogens (primary N) is 1. The van der Waals surface area contributed by atoms with Gasteiger partial charge in [0.1, 0.15) is 6.61 Å². The van der Waals surface area contributed by atoms with Gasteiger partial charge in [0.15, 0.2) is 5.75 Å². The van der Waals surface area contributed by atoms with Crippen molar-refractivity contribution in [3.63, 3.8) is 0 Å². The largest absolute Gasteiger partial charge is 0.487 e. The molecule has 1 atom stereocenters. The summed E-state index contributed by atoms with van der Waals surface area (Å²) in [6, 6.07) is 11.1. The number of fused-ring (bicyclic) bond motifs is 4. The number of benzene rings is 2. The van der Waals surface area contributed by atoms with Crippen molar-refractivity contribution in [2.24, 2.45) is 12.8 Å². The lowest BCUT2D eigenvalue weighted by atomic mass is 9.99. The quantitative estimate of drug-likeness (QED) is 0.416. The molecule has 0 saturated carbocycles. The van der Waals surface area contributed by atoms with Crippen LogP contribution in [0.15, 0.2) is 46.0 Å². The molecule has 0 bridgehead atoms. The van der Waals surface area contributed by atoms with E-state index in [4.69, 9.17) is 10.5 Å². The van der Waals surface area contributed by atoms with Gasteiger partial charge in [-0.1, -0.05) is 18.2 Å². The van der Waals surface area contributed by atoms with E-state index in [1.807, 2.05) is 31.2 Å². The smallest absolute Gasteiger partial charge is 0.258 e. The Labute approximate surface area is 154 Å². The molecule has 4 aromatic rings. The summed E-state index contributed by atoms with van der Waals surface area (Å²) in [5.41, 5.74) is 8.03. The number of hydrogen-bond acceptors (Lipinski definition) is 4. The van der Waals surface area contributed by atoms with Crippen molar-refractivity contribution in [3.8, 4) is 5.75 Å². The van der Waals surface area contributed by atoms with Crippen LogP contribution >= 0.6 is 0 Å². The first-order chi connectivity index (χ1) is 13.0. The van der Waals surface area contributed by atoms with Crippen LogP contribution in [-0.2, 0) is 7.05 Å². The van der Waals surface area contributed by atoms with Gasteiger partial charge in [-0.15, -0.1) is 0 Å². The van der Waals surface area contributed by atoms with Crippen LogP contribution < -0.4 is 21.6 Å². The zero-order valence-corrected chi connectivity index (χ0v) is 15.2. The van der Waals surface area contributed by atoms with E-state index >= 15 is 0 Å². The number of hydrogen-bond donors (Lipinski definition) is 1. The summed E-state index contributed by atoms with van der Waals surface area (Å²) in [6.07, 6.45) is 0. The molecule has 1 unspecified atom stereocenters. The minimum atomic E-state index is -0.219. The first-order valence-corrected chi connectivity index (χ1v) is 8.96. The number of pyridine rings is 2. The summed E-state index contributed by atoms with van der Waals surface area (Å²) in [5.74, 6) is 0.582. The molecular weight excluding hydrogens is 342 g/mol. The van der Waals surface area contributed by atoms with E-state index in [0.29, 0.717) is 29.8 Å². The maximum absolute atomic E-state index is 12.9. The molecule has 2 aromatic carbocycles. The molecule has 0 spiro atoms. The van der Waals surface area contributed by atoms with Gasteiger partial charge in [0.25, 0.3) is 11.1 Å². The molecule has 0 fully saturated rings. The summed E-state index contributed by atoms with van der Waals surface area (Å²) in [4.78, 5) is 25.6. The van der Waals surface area contributed by atoms with Crippen molar-refractivity contribution in [1.82, 2.24) is 9.13 Å². The average molecular weight is 361 g/mol. The molecule has 2 N–H and O–H groups in total. The highest BCUT2D eigenvalue weighted by molar-refractivity contribution is 6.14. The molecular formula is C21H19N3O3. The fourth-order valence-electron chi connectivity index (χ4n) is 4.27. The topological polar surface area (TPSA) is 79.2 Å². The second-order valence-corrected chi connectivity index (χ2v) is 7.14. The first-order valence-electron chi connectivity index (χ1n) is 8.96. The molecule has 5 rings (SSSR count). The van der Waals surface area contributed by atoms with Gasteiger partial charge in [-0.25, -0.2) is 0 Å². The fraction of sp³-hybridized carbons (Fsp3) is 0.238. The minimum absolute atomic E-state index is 0.0835. The summed E-state index contributed by atoms with van der Waals surface area (Å²) >= 11 is 0. The maximum atomic E-state index is 12.9. The Kier molecular flexibility index (Phi) is 3.24. The molecule has 3 heterocycles. The lowest BCUT2D eigenvalue weighted by Crippen LogP contribution is -2.36. The van der Waals surface area contributed by atoms with Gasteiger partial charge < -0.3 is 15.0 Å². The van der Waals surface area contributed by atoms with E-state index in [0.717, 1.165) is 27.2 Å². The van der Waals surface area contributed by atoms with Gasteiger partial charge in [0.2, 0.25) is 0 Å². The van der Waals surface area contributed by atoms with Crippen molar-refractivity contribution in [2.45, 2.75) is 13.0 Å². The van der Waals surface area contributed by atoms with Crippen LogP contribution in [0, 0.1) is 6.92 Å². The SMILES string of the molecule is Cc1cc(=O)n2c3c(c4c(cc13)c1ccccc1c(=O)n4C)OCC2CN. The molecule has 6 heteroatoms. The van der Waals surface area contributed by atoms with Crippen LogP contribution in [0.25, 0.3) is 32.6 Å². The standard InChI is InChI=1S/C21H19N3O3/c1-11-7-17(25)24-12(9-22)10-27-20-18-16(8-15(11)19(20)24)13-5-3-4-6-14(13)21(26)23(18)2/h3-8,12H,9-10,22H2,1-2H3. The number of aromatic nitrogens is 2. The van der Waals surface area contributed by atoms with Crippen LogP contribution in [-0.4, -0.2) is 22.3 Å². The lowest BCUT2D eigenvalue weighted by Gasteiger charge is -2.29. The summed E-state index contributed by atoms with van der Waals surface area (Å²) in [6.45, 7) is 2.54. The Morgan fingerprint density at radius 1 is 1.07 bits per heavy atom. The van der Waals surface area contributed by atoms with Gasteiger partial charge >= 0.3 is 0 Å². The lowest BCUT2D eigenvalue weighted by molar-refractivity contribution is 0.239. The van der Waals surface area contributed by atoms with Crippen LogP contribution in [0.2, 0.25) is 0 Å². The molecule has 0 aliphatic carbocycles. The monoisotopic (exact) mass is 361 g/mol. The predicted molar refractivity (Wildman–Crippen MR) is 107 cm³/mol. The minimum Gasteiger partial charge on any atom is -0.487 e. The Morgan fingerprint density at radius 2 is 1.81 bits per heavy atom. The zero-order chi connectivity index (χ0) is 18.9. The van der Waals surface area contributed by atoms with Gasteiger partial charge in [-0.2, -0.15) is 0 Å². The second kappa shape index (κ2) is 5.44. The van der Waals surface area contributed by atoms with Crippen molar-refractivity contribution in [2.75, 3.05) is 13.2 Å². The molecule has 0 radical (unpaired) electrons. The van der Waals surface area contributed by atoms with Gasteiger partial charge in [0, 0.05) is 35.8 Å². The first kappa shape index (κ1) is 16.1. The van der Waals surface area contributed by atoms with Crippen LogP contribution in [0.1, 0.15) is 11.6 Å². The third-order valence-corrected chi connectivity index (χ3v) is 5.62. The summed E-state index contributed by atoms with van der Waals surface area (Å²) < 4.78 is 9.45. The zero-order valence-electron chi connectivity index (χ0n) is 15.2. The normalized spacial score (nSPS) is 16.2. The van der Waals surface area contributed by atoms with Crippen molar-refractivity contribution in [1.29, 1.82) is 0 Å². The van der Waals surface area contributed by atoms with E-state index in [-0.39, 0.29) is 17.2 Å². The number of ether oxygens (including phenoxy) is 1. The fourth-order valence-corrected chi connectivity index (χ4v) is 4.27. The van der Waals surface area contributed by atoms with E-state index < -0.39 is 0 Å². The molecule has 1 aliphatic rings. The van der Waals surface area contributed by atoms with Gasteiger partial charge in [-0.3, -0.25) is 14.2 Å². The van der Waals surface area contributed by atoms with E-state index in [9.17, 15) is 9.59 Å². The highest BCUT2D eigenvalue weighted by Crippen LogP contribution is 2.40. The van der Waals surface area contributed by atoms with Crippen LogP contribution in [0.4, 0.5) is 0 Å². The van der Waals surface area contributed by atoms with E-state index in [2.05, 4.69) is 6.07 Å². The van der Waals surface area contributed by atoms with Crippen LogP contribution in [0.5, 0.6) is 5.75 Å². The third-order valence-electron chi connectivity index (χ3n) is 5.62. The van der Waals surface area contributed by atoms with Crippen LogP contribution in [0.3, 0.4) is 0 Å². The number of nitrogens with zero attached hydrogens (tertiary/aromatic N) is 2. The third kappa shape index (κ3) is 1.99. The van der Waals surface area contributed by atoms with Crippen molar-refractivity contribution < 1.29 is 4.74 Å². The number of aryl methyl sites for hydroxylation is 2. The summed E-state index contributed by atoms with van der Waals surface area (Å²) in [5, 5.41) is 3.44. The van der Waals surface area contributed by atoms with E-state index in [1.54, 1.807) is 22.2 Å². The average Bonchev–Trinajstić information content (AvgIpc) is 2.68. The highest BCUT2D eigenvalue weighted by atomic mass is 16.5. The highest BCUT2D eigenvalue weighted by Gasteiger charge is 2.27. The predicted octanol–water partition coefficient (Wildman–Crippen LogP) is 2.21. The van der Waals surface area contributed by atoms with Gasteiger partial charge in [-0.05, 0) is 30.0 Å². The molecule has 1 aliphatic heterocycles. The van der Waals surface area contributed by atoms with E-state index in [1.165, 1.54) is 0 Å². The molecule has 2 aromatic heterocycles. The molecule has 0 amide bonds. The molecule has 136 valence electrons. The molecule has 27 heavy (non-hydrogen) atoms. The second-order valence-electron chi connectivity index (χ2n) is 7.14. The number of rotatable bonds is 1. The van der Waals surface area contributed by atoms with Crippen molar-refractivity contribution in [3.05, 3.63) is 62.7 Å². The Morgan fingerprint density at radius 3 is 2.56 bits per heavy atom. The van der Waals surface area contributed by atoms with Gasteiger partial charge in [0.05, 0.1) is 17.1 Å². The molecule has 0 saturated heterocycles. The molecule has 6 nitrogen and oxygen atoms in total. The Bertz CT molecular complexity index is 1380. The van der Waals surface area contributed by atoms with Crippen molar-refractivity contribution >= 4 is 32.6 Å². The maximum Gasteiger partial charge on any atom is 0.258 e. The Hall–Kier alpha value is -3.12. The summed E-state index contributed by atoms with van der Waals surface area (Å²) in [7, 11) is 1.75. The Balaban J connectivity index is 2.14.